The Kier molecular flexibility index (Phi) is 7.28. The molecule has 2 aromatic carbocycles. The zero-order valence-corrected chi connectivity index (χ0v) is 22.3. The summed E-state index contributed by atoms with van der Waals surface area (Å²) in [7, 11) is -2.18. The summed E-state index contributed by atoms with van der Waals surface area (Å²) in [6.07, 6.45) is 3.45. The van der Waals surface area contributed by atoms with Crippen LogP contribution in [0.4, 0.5) is 5.69 Å². The first kappa shape index (κ1) is 26.0. The lowest BCUT2D eigenvalue weighted by atomic mass is 9.97. The van der Waals surface area contributed by atoms with Crippen molar-refractivity contribution in [3.63, 3.8) is 0 Å². The second kappa shape index (κ2) is 10.6. The number of anilines is 1. The quantitative estimate of drug-likeness (QED) is 0.426. The van der Waals surface area contributed by atoms with Gasteiger partial charge in [-0.1, -0.05) is 12.1 Å². The van der Waals surface area contributed by atoms with Crippen molar-refractivity contribution < 1.29 is 22.8 Å². The van der Waals surface area contributed by atoms with E-state index in [9.17, 15) is 22.8 Å². The lowest BCUT2D eigenvalue weighted by Crippen LogP contribution is -2.41. The molecule has 0 unspecified atom stereocenters. The number of thiazole rings is 1. The zero-order chi connectivity index (χ0) is 26.9. The molecule has 5 rings (SSSR count). The fourth-order valence-corrected chi connectivity index (χ4v) is 7.32. The van der Waals surface area contributed by atoms with E-state index >= 15 is 0 Å². The van der Waals surface area contributed by atoms with Gasteiger partial charge in [-0.05, 0) is 50.2 Å². The Hall–Kier alpha value is -3.61. The van der Waals surface area contributed by atoms with Crippen LogP contribution in [0.5, 0.6) is 0 Å². The molecule has 10 nitrogen and oxygen atoms in total. The highest BCUT2D eigenvalue weighted by molar-refractivity contribution is 7.91. The van der Waals surface area contributed by atoms with Crippen LogP contribution in [0.1, 0.15) is 49.4 Å². The van der Waals surface area contributed by atoms with E-state index in [1.165, 1.54) is 41.7 Å². The molecular formula is C26H27N5O5S2. The van der Waals surface area contributed by atoms with Crippen molar-refractivity contribution in [1.29, 1.82) is 0 Å². The fourth-order valence-electron chi connectivity index (χ4n) is 4.70. The first-order valence-corrected chi connectivity index (χ1v) is 14.5. The van der Waals surface area contributed by atoms with E-state index in [-0.39, 0.29) is 45.0 Å². The number of amides is 3. The summed E-state index contributed by atoms with van der Waals surface area (Å²) in [6, 6.07) is 10.2. The zero-order valence-electron chi connectivity index (χ0n) is 20.7. The Morgan fingerprint density at radius 1 is 1.13 bits per heavy atom. The molecular weight excluding hydrogens is 526 g/mol. The number of aromatic nitrogens is 1. The number of carbonyl (C=O) groups is 3. The Labute approximate surface area is 224 Å². The lowest BCUT2D eigenvalue weighted by molar-refractivity contribution is -0.131. The van der Waals surface area contributed by atoms with Gasteiger partial charge < -0.3 is 20.9 Å². The van der Waals surface area contributed by atoms with Gasteiger partial charge in [0.1, 0.15) is 0 Å². The van der Waals surface area contributed by atoms with Gasteiger partial charge in [-0.3, -0.25) is 14.4 Å². The Balaban J connectivity index is 1.23. The maximum absolute atomic E-state index is 13.1. The first-order valence-electron chi connectivity index (χ1n) is 12.2. The second-order valence-electron chi connectivity index (χ2n) is 9.20. The molecule has 3 heterocycles. The third-order valence-corrected chi connectivity index (χ3v) is 9.75. The number of nitrogens with zero attached hydrogens (tertiary/aromatic N) is 2. The number of piperidine rings is 1. The number of benzene rings is 2. The third-order valence-electron chi connectivity index (χ3n) is 6.72. The number of hydrogen-bond acceptors (Lipinski definition) is 8. The highest BCUT2D eigenvalue weighted by Gasteiger charge is 2.31. The van der Waals surface area contributed by atoms with E-state index in [4.69, 9.17) is 0 Å². The number of hydrogen-bond donors (Lipinski definition) is 3. The SMILES string of the molecule is CNCC(=O)N1CCC(c2ncc(CNC(=O)c3ccc4c(c3)NC(=O)c3ccccc3S4(=O)=O)s2)CC1. The monoisotopic (exact) mass is 553 g/mol. The van der Waals surface area contributed by atoms with Crippen LogP contribution in [0.25, 0.3) is 0 Å². The second-order valence-corrected chi connectivity index (χ2v) is 12.2. The summed E-state index contributed by atoms with van der Waals surface area (Å²) in [5.41, 5.74) is 0.359. The molecule has 2 aliphatic heterocycles. The Bertz CT molecular complexity index is 1510. The van der Waals surface area contributed by atoms with Crippen molar-refractivity contribution in [1.82, 2.24) is 20.5 Å². The molecule has 0 spiro atoms. The van der Waals surface area contributed by atoms with Gasteiger partial charge in [0, 0.05) is 35.6 Å². The van der Waals surface area contributed by atoms with E-state index < -0.39 is 21.7 Å². The molecule has 1 fully saturated rings. The normalized spacial score (nSPS) is 16.7. The summed E-state index contributed by atoms with van der Waals surface area (Å²) < 4.78 is 26.3. The van der Waals surface area contributed by atoms with E-state index in [2.05, 4.69) is 20.9 Å². The van der Waals surface area contributed by atoms with E-state index in [1.807, 2.05) is 4.90 Å². The van der Waals surface area contributed by atoms with Crippen LogP contribution in [0.2, 0.25) is 0 Å². The summed E-state index contributed by atoms with van der Waals surface area (Å²) >= 11 is 1.54. The molecule has 38 heavy (non-hydrogen) atoms. The largest absolute Gasteiger partial charge is 0.347 e. The molecule has 12 heteroatoms. The van der Waals surface area contributed by atoms with Crippen LogP contribution in [0.15, 0.2) is 58.5 Å². The molecule has 3 aromatic rings. The molecule has 0 radical (unpaired) electrons. The summed E-state index contributed by atoms with van der Waals surface area (Å²) in [4.78, 5) is 44.8. The number of fused-ring (bicyclic) bond motifs is 2. The van der Waals surface area contributed by atoms with Crippen LogP contribution in [-0.2, 0) is 21.2 Å². The van der Waals surface area contributed by atoms with Crippen molar-refractivity contribution in [2.75, 3.05) is 32.0 Å². The molecule has 0 saturated carbocycles. The van der Waals surface area contributed by atoms with Gasteiger partial charge in [0.25, 0.3) is 11.8 Å². The average Bonchev–Trinajstić information content (AvgIpc) is 3.38. The molecule has 0 atom stereocenters. The maximum atomic E-state index is 13.1. The van der Waals surface area contributed by atoms with Gasteiger partial charge in [0.2, 0.25) is 15.7 Å². The first-order chi connectivity index (χ1) is 18.3. The van der Waals surface area contributed by atoms with Gasteiger partial charge in [-0.2, -0.15) is 0 Å². The number of carbonyl (C=O) groups excluding carboxylic acids is 3. The van der Waals surface area contributed by atoms with Gasteiger partial charge in [0.15, 0.2) is 0 Å². The number of likely N-dealkylation sites (N-methyl/N-ethyl adjacent to an activating group) is 1. The molecule has 2 aliphatic rings. The predicted molar refractivity (Wildman–Crippen MR) is 142 cm³/mol. The van der Waals surface area contributed by atoms with Crippen molar-refractivity contribution >= 4 is 44.6 Å². The van der Waals surface area contributed by atoms with Gasteiger partial charge >= 0.3 is 0 Å². The van der Waals surface area contributed by atoms with E-state index in [0.29, 0.717) is 19.6 Å². The van der Waals surface area contributed by atoms with Crippen molar-refractivity contribution in [2.45, 2.75) is 35.1 Å². The minimum atomic E-state index is -3.93. The molecule has 3 amide bonds. The standard InChI is InChI=1S/C26H27N5O5S2/c1-27-15-23(32)31-10-8-16(9-11-31)26-29-14-18(37-26)13-28-24(33)17-6-7-22-20(12-17)30-25(34)19-4-2-3-5-21(19)38(22,35)36/h2-7,12,14,16,27H,8-11,13,15H2,1H3,(H,28,33)(H,30,34). The molecule has 198 valence electrons. The van der Waals surface area contributed by atoms with Crippen LogP contribution in [0.3, 0.4) is 0 Å². The topological polar surface area (TPSA) is 138 Å². The number of likely N-dealkylation sites (tertiary alicyclic amines) is 1. The van der Waals surface area contributed by atoms with Gasteiger partial charge in [-0.15, -0.1) is 11.3 Å². The average molecular weight is 554 g/mol. The van der Waals surface area contributed by atoms with Crippen LogP contribution in [0, 0.1) is 0 Å². The fraction of sp³-hybridized carbons (Fsp3) is 0.308. The number of nitrogens with one attached hydrogen (secondary N) is 3. The molecule has 0 aliphatic carbocycles. The molecule has 1 saturated heterocycles. The molecule has 3 N–H and O–H groups in total. The predicted octanol–water partition coefficient (Wildman–Crippen LogP) is 2.40. The van der Waals surface area contributed by atoms with Gasteiger partial charge in [0.05, 0.1) is 39.1 Å². The maximum Gasteiger partial charge on any atom is 0.257 e. The lowest BCUT2D eigenvalue weighted by Gasteiger charge is -2.31. The highest BCUT2D eigenvalue weighted by atomic mass is 32.2. The highest BCUT2D eigenvalue weighted by Crippen LogP contribution is 2.34. The minimum Gasteiger partial charge on any atom is -0.347 e. The van der Waals surface area contributed by atoms with Crippen molar-refractivity contribution in [3.05, 3.63) is 69.7 Å². The smallest absolute Gasteiger partial charge is 0.257 e. The minimum absolute atomic E-state index is 0.0573. The summed E-state index contributed by atoms with van der Waals surface area (Å²) in [5.74, 6) is -0.558. The number of rotatable bonds is 6. The third kappa shape index (κ3) is 5.06. The van der Waals surface area contributed by atoms with Gasteiger partial charge in [-0.25, -0.2) is 13.4 Å². The summed E-state index contributed by atoms with van der Waals surface area (Å²) in [6.45, 7) is 2.01. The van der Waals surface area contributed by atoms with Crippen LogP contribution in [-0.4, -0.2) is 62.7 Å². The molecule has 0 bridgehead atoms. The molecule has 1 aromatic heterocycles. The van der Waals surface area contributed by atoms with Crippen molar-refractivity contribution in [2.24, 2.45) is 0 Å². The van der Waals surface area contributed by atoms with Crippen LogP contribution < -0.4 is 16.0 Å². The Morgan fingerprint density at radius 3 is 2.66 bits per heavy atom. The van der Waals surface area contributed by atoms with Crippen molar-refractivity contribution in [3.8, 4) is 0 Å². The van der Waals surface area contributed by atoms with E-state index in [1.54, 1.807) is 25.4 Å². The Morgan fingerprint density at radius 2 is 1.89 bits per heavy atom. The summed E-state index contributed by atoms with van der Waals surface area (Å²) in [5, 5.41) is 9.36. The van der Waals surface area contributed by atoms with E-state index in [0.717, 1.165) is 22.7 Å². The number of sulfone groups is 1. The van der Waals surface area contributed by atoms with Crippen LogP contribution >= 0.6 is 11.3 Å².